The first-order valence-electron chi connectivity index (χ1n) is 5.10. The van der Waals surface area contributed by atoms with Crippen LogP contribution in [0.4, 0.5) is 9.18 Å². The van der Waals surface area contributed by atoms with Crippen LogP contribution < -0.4 is 5.73 Å². The van der Waals surface area contributed by atoms with Crippen molar-refractivity contribution in [3.05, 3.63) is 10.9 Å². The molecule has 0 aromatic heterocycles. The van der Waals surface area contributed by atoms with Crippen molar-refractivity contribution in [2.75, 3.05) is 13.2 Å². The van der Waals surface area contributed by atoms with Crippen LogP contribution in [0.25, 0.3) is 0 Å². The van der Waals surface area contributed by atoms with Crippen molar-refractivity contribution in [1.82, 2.24) is 4.90 Å². The highest BCUT2D eigenvalue weighted by Crippen LogP contribution is 2.32. The van der Waals surface area contributed by atoms with Crippen molar-refractivity contribution in [3.63, 3.8) is 0 Å². The Labute approximate surface area is 101 Å². The Morgan fingerprint density at radius 3 is 2.94 bits per heavy atom. The summed E-state index contributed by atoms with van der Waals surface area (Å²) in [4.78, 5) is 12.8. The number of amides is 1. The number of nitrogens with two attached hydrogens (primary N) is 1. The average Bonchev–Trinajstić information content (AvgIpc) is 2.65. The minimum Gasteiger partial charge on any atom is -0.394 e. The van der Waals surface area contributed by atoms with Gasteiger partial charge in [0.05, 0.1) is 19.3 Å². The molecule has 0 aromatic rings. The second-order valence-electron chi connectivity index (χ2n) is 3.88. The van der Waals surface area contributed by atoms with Gasteiger partial charge < -0.3 is 25.6 Å². The first-order chi connectivity index (χ1) is 8.02. The number of hydrogen-bond donors (Lipinski definition) is 3. The van der Waals surface area contributed by atoms with Crippen LogP contribution >= 0.6 is 11.8 Å². The number of aliphatic hydroxyl groups is 2. The molecule has 3 atom stereocenters. The number of carbonyl (C=O) groups is 1. The number of hydrogen-bond acceptors (Lipinski definition) is 6. The monoisotopic (exact) mass is 264 g/mol. The maximum Gasteiger partial charge on any atom is 0.290 e. The smallest absolute Gasteiger partial charge is 0.290 e. The number of halogens is 1. The molecule has 2 aliphatic heterocycles. The van der Waals surface area contributed by atoms with Crippen molar-refractivity contribution in [2.24, 2.45) is 5.73 Å². The molecule has 17 heavy (non-hydrogen) atoms. The maximum atomic E-state index is 13.3. The molecular formula is C9H13FN2O4S. The van der Waals surface area contributed by atoms with Crippen molar-refractivity contribution in [3.8, 4) is 0 Å². The van der Waals surface area contributed by atoms with Gasteiger partial charge in [0.25, 0.3) is 5.24 Å². The third kappa shape index (κ3) is 2.39. The van der Waals surface area contributed by atoms with Gasteiger partial charge in [0, 0.05) is 6.42 Å². The topological polar surface area (TPSA) is 96.0 Å². The van der Waals surface area contributed by atoms with Gasteiger partial charge in [-0.15, -0.1) is 0 Å². The fourth-order valence-electron chi connectivity index (χ4n) is 1.79. The van der Waals surface area contributed by atoms with Crippen molar-refractivity contribution >= 4 is 17.0 Å². The lowest BCUT2D eigenvalue weighted by Crippen LogP contribution is -2.42. The van der Waals surface area contributed by atoms with E-state index in [1.807, 2.05) is 0 Å². The van der Waals surface area contributed by atoms with Crippen LogP contribution in [0.5, 0.6) is 0 Å². The quantitative estimate of drug-likeness (QED) is 0.635. The van der Waals surface area contributed by atoms with Crippen molar-refractivity contribution in [1.29, 1.82) is 0 Å². The Balaban J connectivity index is 2.07. The number of thioether (sulfide) groups is 1. The molecule has 1 fully saturated rings. The van der Waals surface area contributed by atoms with Crippen LogP contribution in [0.15, 0.2) is 10.9 Å². The third-order valence-electron chi connectivity index (χ3n) is 2.74. The zero-order chi connectivity index (χ0) is 12.6. The third-order valence-corrected chi connectivity index (χ3v) is 3.59. The van der Waals surface area contributed by atoms with Gasteiger partial charge in [-0.1, -0.05) is 0 Å². The van der Waals surface area contributed by atoms with Gasteiger partial charge in [0.15, 0.2) is 0 Å². The second kappa shape index (κ2) is 4.81. The van der Waals surface area contributed by atoms with Crippen LogP contribution in [0, 0.1) is 0 Å². The molecular weight excluding hydrogens is 251 g/mol. The molecule has 8 heteroatoms. The summed E-state index contributed by atoms with van der Waals surface area (Å²) in [6.07, 6.45) is -2.15. The van der Waals surface area contributed by atoms with Gasteiger partial charge in [0.2, 0.25) is 0 Å². The highest BCUT2D eigenvalue weighted by atomic mass is 32.2. The predicted octanol–water partition coefficient (Wildman–Crippen LogP) is -0.279. The van der Waals surface area contributed by atoms with Crippen LogP contribution in [-0.4, -0.2) is 51.9 Å². The van der Waals surface area contributed by atoms with Crippen molar-refractivity contribution in [2.45, 2.75) is 24.9 Å². The van der Waals surface area contributed by atoms with Gasteiger partial charge in [-0.3, -0.25) is 4.79 Å². The SMILES string of the molecule is NC1=C(F)CN([C@H]2C[C@H](O)[C@@H](CO)O2)C(=O)S1. The van der Waals surface area contributed by atoms with E-state index >= 15 is 0 Å². The molecule has 0 unspecified atom stereocenters. The molecule has 0 bridgehead atoms. The van der Waals surface area contributed by atoms with Gasteiger partial charge in [-0.05, 0) is 11.8 Å². The minimum absolute atomic E-state index is 0.136. The molecule has 0 aliphatic carbocycles. The molecule has 4 N–H and O–H groups in total. The fraction of sp³-hybridized carbons (Fsp3) is 0.667. The lowest BCUT2D eigenvalue weighted by molar-refractivity contribution is -0.0604. The summed E-state index contributed by atoms with van der Waals surface area (Å²) >= 11 is 0.600. The van der Waals surface area contributed by atoms with Gasteiger partial charge in [-0.2, -0.15) is 0 Å². The second-order valence-corrected chi connectivity index (χ2v) is 4.87. The van der Waals surface area contributed by atoms with E-state index in [0.29, 0.717) is 11.8 Å². The Kier molecular flexibility index (Phi) is 3.57. The molecule has 0 radical (unpaired) electrons. The number of rotatable bonds is 2. The van der Waals surface area contributed by atoms with Gasteiger partial charge >= 0.3 is 0 Å². The molecule has 2 aliphatic rings. The van der Waals surface area contributed by atoms with E-state index in [-0.39, 0.29) is 24.6 Å². The standard InChI is InChI=1S/C9H13FN2O4S/c10-4-2-12(9(15)17-8(4)11)7-1-5(14)6(3-13)16-7/h5-7,13-14H,1-3,11H2/t5-,6+,7+/m0/s1. The van der Waals surface area contributed by atoms with Crippen molar-refractivity contribution < 1.29 is 24.1 Å². The highest BCUT2D eigenvalue weighted by molar-refractivity contribution is 8.16. The Morgan fingerprint density at radius 2 is 2.35 bits per heavy atom. The Morgan fingerprint density at radius 1 is 1.65 bits per heavy atom. The summed E-state index contributed by atoms with van der Waals surface area (Å²) in [5, 5.41) is 17.9. The largest absolute Gasteiger partial charge is 0.394 e. The maximum absolute atomic E-state index is 13.3. The molecule has 0 spiro atoms. The summed E-state index contributed by atoms with van der Waals surface area (Å²) in [7, 11) is 0. The van der Waals surface area contributed by atoms with Crippen LogP contribution in [0.1, 0.15) is 6.42 Å². The van der Waals surface area contributed by atoms with E-state index in [2.05, 4.69) is 0 Å². The van der Waals surface area contributed by atoms with Crippen LogP contribution in [-0.2, 0) is 4.74 Å². The molecule has 2 rings (SSSR count). The lowest BCUT2D eigenvalue weighted by Gasteiger charge is -2.30. The summed E-state index contributed by atoms with van der Waals surface area (Å²) in [5.74, 6) is -0.583. The number of nitrogens with zero attached hydrogens (tertiary/aromatic N) is 1. The number of ether oxygens (including phenoxy) is 1. The Hall–Kier alpha value is -0.830. The molecule has 1 saturated heterocycles. The molecule has 0 saturated carbocycles. The number of carbonyl (C=O) groups excluding carboxylic acids is 1. The predicted molar refractivity (Wildman–Crippen MR) is 58.4 cm³/mol. The molecule has 96 valence electrons. The van der Waals surface area contributed by atoms with E-state index in [4.69, 9.17) is 15.6 Å². The fourth-order valence-corrected chi connectivity index (χ4v) is 2.45. The summed E-state index contributed by atoms with van der Waals surface area (Å²) in [5.41, 5.74) is 5.30. The van der Waals surface area contributed by atoms with E-state index < -0.39 is 29.5 Å². The highest BCUT2D eigenvalue weighted by Gasteiger charge is 2.40. The van der Waals surface area contributed by atoms with E-state index in [1.165, 1.54) is 0 Å². The molecule has 2 heterocycles. The molecule has 1 amide bonds. The zero-order valence-electron chi connectivity index (χ0n) is 8.88. The first kappa shape index (κ1) is 12.6. The zero-order valence-corrected chi connectivity index (χ0v) is 9.69. The van der Waals surface area contributed by atoms with Crippen LogP contribution in [0.2, 0.25) is 0 Å². The average molecular weight is 264 g/mol. The van der Waals surface area contributed by atoms with E-state index in [0.717, 1.165) is 4.90 Å². The summed E-state index contributed by atoms with van der Waals surface area (Å²) < 4.78 is 18.6. The number of aliphatic hydroxyl groups excluding tert-OH is 2. The first-order valence-corrected chi connectivity index (χ1v) is 5.91. The van der Waals surface area contributed by atoms with Gasteiger partial charge in [-0.25, -0.2) is 4.39 Å². The lowest BCUT2D eigenvalue weighted by atomic mass is 10.2. The normalized spacial score (nSPS) is 34.6. The van der Waals surface area contributed by atoms with E-state index in [9.17, 15) is 14.3 Å². The summed E-state index contributed by atoms with van der Waals surface area (Å²) in [6.45, 7) is -0.597. The van der Waals surface area contributed by atoms with E-state index in [1.54, 1.807) is 0 Å². The minimum atomic E-state index is -0.853. The molecule has 6 nitrogen and oxygen atoms in total. The van der Waals surface area contributed by atoms with Crippen LogP contribution in [0.3, 0.4) is 0 Å². The van der Waals surface area contributed by atoms with Gasteiger partial charge in [0.1, 0.15) is 23.2 Å². The summed E-state index contributed by atoms with van der Waals surface area (Å²) in [6, 6.07) is 0. The Bertz CT molecular complexity index is 365. The molecule has 0 aromatic carbocycles.